The minimum atomic E-state index is 0.827. The Morgan fingerprint density at radius 2 is 1.94 bits per heavy atom. The summed E-state index contributed by atoms with van der Waals surface area (Å²) in [7, 11) is 0. The highest BCUT2D eigenvalue weighted by atomic mass is 79.9. The molecule has 0 aliphatic heterocycles. The van der Waals surface area contributed by atoms with Crippen molar-refractivity contribution in [1.29, 1.82) is 0 Å². The molecule has 1 aromatic heterocycles. The summed E-state index contributed by atoms with van der Waals surface area (Å²) >= 11 is 3.48. The zero-order valence-corrected chi connectivity index (χ0v) is 10.7. The number of nitrogens with one attached hydrogen (secondary N) is 1. The minimum Gasteiger partial charge on any atom is -0.342 e. The Balaban J connectivity index is 1.94. The number of imidazole rings is 1. The quantitative estimate of drug-likeness (QED) is 0.760. The Morgan fingerprint density at radius 3 is 2.76 bits per heavy atom. The van der Waals surface area contributed by atoms with E-state index in [4.69, 9.17) is 0 Å². The van der Waals surface area contributed by atoms with Crippen LogP contribution in [0.5, 0.6) is 0 Å². The van der Waals surface area contributed by atoms with Crippen LogP contribution >= 0.6 is 15.9 Å². The molecule has 0 spiro atoms. The van der Waals surface area contributed by atoms with Crippen molar-refractivity contribution in [3.8, 4) is 0 Å². The van der Waals surface area contributed by atoms with Crippen molar-refractivity contribution in [2.75, 3.05) is 0 Å². The second kappa shape index (κ2) is 4.34. The van der Waals surface area contributed by atoms with Crippen LogP contribution in [0, 0.1) is 0 Å². The van der Waals surface area contributed by atoms with E-state index in [1.54, 1.807) is 0 Å². The first-order valence-corrected chi connectivity index (χ1v) is 6.29. The maximum absolute atomic E-state index is 4.57. The van der Waals surface area contributed by atoms with Crippen molar-refractivity contribution in [3.63, 3.8) is 0 Å². The highest BCUT2D eigenvalue weighted by Gasteiger charge is 2.03. The molecular weight excluding hydrogens is 276 g/mol. The molecule has 0 bridgehead atoms. The average molecular weight is 287 g/mol. The molecule has 2 aromatic carbocycles. The third-order valence-electron chi connectivity index (χ3n) is 2.70. The Labute approximate surface area is 108 Å². The molecule has 3 aromatic rings. The van der Waals surface area contributed by atoms with Crippen LogP contribution in [0.3, 0.4) is 0 Å². The van der Waals surface area contributed by atoms with Crippen LogP contribution in [0.2, 0.25) is 0 Å². The zero-order valence-electron chi connectivity index (χ0n) is 9.15. The first kappa shape index (κ1) is 10.5. The number of halogens is 1. The summed E-state index contributed by atoms with van der Waals surface area (Å²) in [6, 6.07) is 16.4. The summed E-state index contributed by atoms with van der Waals surface area (Å²) in [5.41, 5.74) is 3.37. The molecule has 0 atom stereocenters. The van der Waals surface area contributed by atoms with Gasteiger partial charge in [-0.25, -0.2) is 4.98 Å². The highest BCUT2D eigenvalue weighted by Crippen LogP contribution is 2.16. The Bertz CT molecular complexity index is 625. The van der Waals surface area contributed by atoms with Gasteiger partial charge in [-0.1, -0.05) is 40.2 Å². The number of fused-ring (bicyclic) bond motifs is 1. The molecule has 3 heteroatoms. The normalized spacial score (nSPS) is 10.9. The van der Waals surface area contributed by atoms with Gasteiger partial charge in [0.1, 0.15) is 5.82 Å². The molecule has 0 saturated heterocycles. The minimum absolute atomic E-state index is 0.827. The number of aromatic nitrogens is 2. The summed E-state index contributed by atoms with van der Waals surface area (Å²) in [5, 5.41) is 0. The first-order chi connectivity index (χ1) is 8.31. The molecule has 0 aliphatic carbocycles. The van der Waals surface area contributed by atoms with Crippen LogP contribution in [0.25, 0.3) is 11.0 Å². The van der Waals surface area contributed by atoms with Gasteiger partial charge in [0.15, 0.2) is 0 Å². The van der Waals surface area contributed by atoms with Crippen LogP contribution in [0.4, 0.5) is 0 Å². The molecule has 17 heavy (non-hydrogen) atoms. The molecular formula is C14H11BrN2. The summed E-state index contributed by atoms with van der Waals surface area (Å²) in [6.45, 7) is 0. The largest absolute Gasteiger partial charge is 0.342 e. The molecule has 0 fully saturated rings. The van der Waals surface area contributed by atoms with E-state index in [0.29, 0.717) is 0 Å². The van der Waals surface area contributed by atoms with Gasteiger partial charge in [0.05, 0.1) is 11.0 Å². The Kier molecular flexibility index (Phi) is 2.69. The van der Waals surface area contributed by atoms with Gasteiger partial charge in [-0.3, -0.25) is 0 Å². The second-order valence-corrected chi connectivity index (χ2v) is 4.92. The van der Waals surface area contributed by atoms with Crippen molar-refractivity contribution in [1.82, 2.24) is 9.97 Å². The van der Waals surface area contributed by atoms with Crippen LogP contribution in [0.15, 0.2) is 53.0 Å². The number of nitrogens with zero attached hydrogens (tertiary/aromatic N) is 1. The predicted octanol–water partition coefficient (Wildman–Crippen LogP) is 3.92. The summed E-state index contributed by atoms with van der Waals surface area (Å²) in [6.07, 6.45) is 0.827. The Morgan fingerprint density at radius 1 is 1.06 bits per heavy atom. The average Bonchev–Trinajstić information content (AvgIpc) is 2.71. The first-order valence-electron chi connectivity index (χ1n) is 5.49. The fraction of sp³-hybridized carbons (Fsp3) is 0.0714. The van der Waals surface area contributed by atoms with Gasteiger partial charge >= 0.3 is 0 Å². The van der Waals surface area contributed by atoms with E-state index in [9.17, 15) is 0 Å². The lowest BCUT2D eigenvalue weighted by Gasteiger charge is -1.98. The molecule has 84 valence electrons. The number of hydrogen-bond donors (Lipinski definition) is 1. The van der Waals surface area contributed by atoms with Crippen LogP contribution in [0.1, 0.15) is 11.4 Å². The lowest BCUT2D eigenvalue weighted by molar-refractivity contribution is 1.04. The van der Waals surface area contributed by atoms with Gasteiger partial charge in [-0.2, -0.15) is 0 Å². The summed E-state index contributed by atoms with van der Waals surface area (Å²) < 4.78 is 1.10. The van der Waals surface area contributed by atoms with E-state index in [1.807, 2.05) is 36.4 Å². The summed E-state index contributed by atoms with van der Waals surface area (Å²) in [5.74, 6) is 1.00. The van der Waals surface area contributed by atoms with E-state index in [-0.39, 0.29) is 0 Å². The zero-order chi connectivity index (χ0) is 11.7. The van der Waals surface area contributed by atoms with Crippen LogP contribution in [-0.4, -0.2) is 9.97 Å². The lowest BCUT2D eigenvalue weighted by Crippen LogP contribution is -1.90. The standard InChI is InChI=1S/C14H11BrN2/c15-11-5-3-4-10(8-11)9-14-16-12-6-1-2-7-13(12)17-14/h1-8H,9H2,(H,16,17). The van der Waals surface area contributed by atoms with Gasteiger partial charge in [0, 0.05) is 10.9 Å². The van der Waals surface area contributed by atoms with Gasteiger partial charge in [0.25, 0.3) is 0 Å². The molecule has 1 N–H and O–H groups in total. The van der Waals surface area contributed by atoms with E-state index in [0.717, 1.165) is 27.8 Å². The third kappa shape index (κ3) is 2.24. The topological polar surface area (TPSA) is 28.7 Å². The molecule has 0 aliphatic rings. The van der Waals surface area contributed by atoms with Gasteiger partial charge in [-0.05, 0) is 29.8 Å². The van der Waals surface area contributed by atoms with E-state index in [1.165, 1.54) is 5.56 Å². The monoisotopic (exact) mass is 286 g/mol. The molecule has 0 radical (unpaired) electrons. The highest BCUT2D eigenvalue weighted by molar-refractivity contribution is 9.10. The van der Waals surface area contributed by atoms with Crippen LogP contribution in [-0.2, 0) is 6.42 Å². The fourth-order valence-corrected chi connectivity index (χ4v) is 2.38. The van der Waals surface area contributed by atoms with E-state index in [2.05, 4.69) is 38.0 Å². The van der Waals surface area contributed by atoms with Crippen molar-refractivity contribution in [2.24, 2.45) is 0 Å². The summed E-state index contributed by atoms with van der Waals surface area (Å²) in [4.78, 5) is 7.90. The predicted molar refractivity (Wildman–Crippen MR) is 73.0 cm³/mol. The molecule has 0 saturated carbocycles. The Hall–Kier alpha value is -1.61. The SMILES string of the molecule is Brc1cccc(Cc2nc3ccccc3[nH]2)c1. The molecule has 0 unspecified atom stereocenters. The number of hydrogen-bond acceptors (Lipinski definition) is 1. The number of H-pyrrole nitrogens is 1. The number of benzene rings is 2. The smallest absolute Gasteiger partial charge is 0.111 e. The number of rotatable bonds is 2. The van der Waals surface area contributed by atoms with Crippen molar-refractivity contribution < 1.29 is 0 Å². The molecule has 0 amide bonds. The lowest BCUT2D eigenvalue weighted by atomic mass is 10.1. The van der Waals surface area contributed by atoms with Crippen molar-refractivity contribution in [2.45, 2.75) is 6.42 Å². The fourth-order valence-electron chi connectivity index (χ4n) is 1.93. The molecule has 1 heterocycles. The number of aromatic amines is 1. The van der Waals surface area contributed by atoms with Gasteiger partial charge in [-0.15, -0.1) is 0 Å². The van der Waals surface area contributed by atoms with Crippen molar-refractivity contribution in [3.05, 3.63) is 64.4 Å². The van der Waals surface area contributed by atoms with Crippen LogP contribution < -0.4 is 0 Å². The van der Waals surface area contributed by atoms with E-state index < -0.39 is 0 Å². The third-order valence-corrected chi connectivity index (χ3v) is 3.19. The maximum Gasteiger partial charge on any atom is 0.111 e. The molecule has 2 nitrogen and oxygen atoms in total. The molecule has 3 rings (SSSR count). The second-order valence-electron chi connectivity index (χ2n) is 4.01. The number of para-hydroxylation sites is 2. The maximum atomic E-state index is 4.57. The van der Waals surface area contributed by atoms with Crippen molar-refractivity contribution >= 4 is 27.0 Å². The van der Waals surface area contributed by atoms with E-state index >= 15 is 0 Å². The van der Waals surface area contributed by atoms with Gasteiger partial charge in [0.2, 0.25) is 0 Å². The van der Waals surface area contributed by atoms with Gasteiger partial charge < -0.3 is 4.98 Å².